The minimum absolute atomic E-state index is 0.108. The monoisotopic (exact) mass is 285 g/mol. The summed E-state index contributed by atoms with van der Waals surface area (Å²) in [5.41, 5.74) is 9.43. The lowest BCUT2D eigenvalue weighted by molar-refractivity contribution is 0.557. The SMILES string of the molecule is CCSc1ccc(-c2ncc3c(n2)CCCC3N)cc1. The van der Waals surface area contributed by atoms with Crippen molar-refractivity contribution in [1.29, 1.82) is 0 Å². The van der Waals surface area contributed by atoms with Crippen molar-refractivity contribution in [3.63, 3.8) is 0 Å². The van der Waals surface area contributed by atoms with Gasteiger partial charge >= 0.3 is 0 Å². The number of nitrogens with two attached hydrogens (primary N) is 1. The first-order valence-electron chi connectivity index (χ1n) is 7.12. The van der Waals surface area contributed by atoms with Gasteiger partial charge in [0.2, 0.25) is 0 Å². The van der Waals surface area contributed by atoms with Crippen LogP contribution >= 0.6 is 11.8 Å². The van der Waals surface area contributed by atoms with Gasteiger partial charge in [-0.2, -0.15) is 0 Å². The molecule has 0 bridgehead atoms. The maximum absolute atomic E-state index is 6.11. The third-order valence-corrected chi connectivity index (χ3v) is 4.55. The van der Waals surface area contributed by atoms with Crippen molar-refractivity contribution >= 4 is 11.8 Å². The van der Waals surface area contributed by atoms with Gasteiger partial charge in [0.1, 0.15) is 0 Å². The molecule has 0 saturated heterocycles. The van der Waals surface area contributed by atoms with Gasteiger partial charge in [-0.1, -0.05) is 19.1 Å². The summed E-state index contributed by atoms with van der Waals surface area (Å²) >= 11 is 1.84. The average molecular weight is 285 g/mol. The van der Waals surface area contributed by atoms with Crippen molar-refractivity contribution in [3.8, 4) is 11.4 Å². The van der Waals surface area contributed by atoms with Crippen LogP contribution in [-0.4, -0.2) is 15.7 Å². The highest BCUT2D eigenvalue weighted by molar-refractivity contribution is 7.99. The second-order valence-electron chi connectivity index (χ2n) is 5.05. The third-order valence-electron chi connectivity index (χ3n) is 3.65. The fourth-order valence-electron chi connectivity index (χ4n) is 2.59. The van der Waals surface area contributed by atoms with Gasteiger partial charge in [0.15, 0.2) is 5.82 Å². The lowest BCUT2D eigenvalue weighted by atomic mass is 9.93. The van der Waals surface area contributed by atoms with Crippen molar-refractivity contribution in [2.45, 2.75) is 37.1 Å². The van der Waals surface area contributed by atoms with E-state index in [1.54, 1.807) is 0 Å². The number of thioether (sulfide) groups is 1. The first-order chi connectivity index (χ1) is 9.78. The van der Waals surface area contributed by atoms with E-state index in [1.807, 2.05) is 18.0 Å². The zero-order valence-corrected chi connectivity index (χ0v) is 12.5. The van der Waals surface area contributed by atoms with E-state index in [2.05, 4.69) is 36.2 Å². The molecule has 0 saturated carbocycles. The van der Waals surface area contributed by atoms with Crippen molar-refractivity contribution < 1.29 is 0 Å². The van der Waals surface area contributed by atoms with Crippen LogP contribution in [0.15, 0.2) is 35.4 Å². The molecule has 3 nitrogen and oxygen atoms in total. The van der Waals surface area contributed by atoms with Crippen LogP contribution in [-0.2, 0) is 6.42 Å². The van der Waals surface area contributed by atoms with Gasteiger partial charge in [-0.15, -0.1) is 11.8 Å². The fraction of sp³-hybridized carbons (Fsp3) is 0.375. The first-order valence-corrected chi connectivity index (χ1v) is 8.11. The normalized spacial score (nSPS) is 17.8. The number of hydrogen-bond acceptors (Lipinski definition) is 4. The van der Waals surface area contributed by atoms with Gasteiger partial charge in [0.05, 0.1) is 0 Å². The maximum atomic E-state index is 6.11. The van der Waals surface area contributed by atoms with Crippen molar-refractivity contribution in [2.24, 2.45) is 5.73 Å². The Labute approximate surface area is 124 Å². The molecule has 2 aromatic rings. The smallest absolute Gasteiger partial charge is 0.159 e. The lowest BCUT2D eigenvalue weighted by Crippen LogP contribution is -2.19. The summed E-state index contributed by atoms with van der Waals surface area (Å²) in [6.07, 6.45) is 5.09. The predicted octanol–water partition coefficient (Wildman–Crippen LogP) is 3.59. The van der Waals surface area contributed by atoms with Gasteiger partial charge < -0.3 is 5.73 Å². The van der Waals surface area contributed by atoms with Gasteiger partial charge in [0, 0.05) is 34.0 Å². The van der Waals surface area contributed by atoms with Crippen LogP contribution in [0.2, 0.25) is 0 Å². The number of benzene rings is 1. The Bertz CT molecular complexity index is 595. The molecule has 1 atom stereocenters. The summed E-state index contributed by atoms with van der Waals surface area (Å²) in [5.74, 6) is 1.90. The largest absolute Gasteiger partial charge is 0.324 e. The van der Waals surface area contributed by atoms with Crippen LogP contribution < -0.4 is 5.73 Å². The highest BCUT2D eigenvalue weighted by atomic mass is 32.2. The third kappa shape index (κ3) is 2.72. The van der Waals surface area contributed by atoms with E-state index in [-0.39, 0.29) is 6.04 Å². The van der Waals surface area contributed by atoms with Crippen molar-refractivity contribution in [3.05, 3.63) is 41.7 Å². The van der Waals surface area contributed by atoms with Gasteiger partial charge in [-0.25, -0.2) is 9.97 Å². The first kappa shape index (κ1) is 13.6. The maximum Gasteiger partial charge on any atom is 0.159 e. The molecule has 104 valence electrons. The molecule has 0 amide bonds. The molecule has 0 fully saturated rings. The van der Waals surface area contributed by atoms with Crippen LogP contribution in [0.4, 0.5) is 0 Å². The topological polar surface area (TPSA) is 51.8 Å². The van der Waals surface area contributed by atoms with Gasteiger partial charge in [-0.05, 0) is 37.1 Å². The summed E-state index contributed by atoms with van der Waals surface area (Å²) in [6.45, 7) is 2.16. The van der Waals surface area contributed by atoms with E-state index in [0.29, 0.717) is 0 Å². The zero-order chi connectivity index (χ0) is 13.9. The molecular weight excluding hydrogens is 266 g/mol. The molecule has 4 heteroatoms. The van der Waals surface area contributed by atoms with E-state index in [4.69, 9.17) is 10.7 Å². The number of hydrogen-bond donors (Lipinski definition) is 1. The summed E-state index contributed by atoms with van der Waals surface area (Å²) in [4.78, 5) is 10.5. The fourth-order valence-corrected chi connectivity index (χ4v) is 3.25. The zero-order valence-electron chi connectivity index (χ0n) is 11.7. The van der Waals surface area contributed by atoms with E-state index in [9.17, 15) is 0 Å². The molecule has 0 spiro atoms. The molecule has 0 aliphatic heterocycles. The Morgan fingerprint density at radius 2 is 2.10 bits per heavy atom. The number of aromatic nitrogens is 2. The Morgan fingerprint density at radius 3 is 2.85 bits per heavy atom. The Kier molecular flexibility index (Phi) is 4.03. The molecule has 20 heavy (non-hydrogen) atoms. The highest BCUT2D eigenvalue weighted by Crippen LogP contribution is 2.28. The number of nitrogens with zero attached hydrogens (tertiary/aromatic N) is 2. The lowest BCUT2D eigenvalue weighted by Gasteiger charge is -2.21. The average Bonchev–Trinajstić information content (AvgIpc) is 2.48. The molecule has 2 N–H and O–H groups in total. The minimum atomic E-state index is 0.108. The molecule has 3 rings (SSSR count). The van der Waals surface area contributed by atoms with Crippen LogP contribution in [0.5, 0.6) is 0 Å². The van der Waals surface area contributed by atoms with Crippen molar-refractivity contribution in [1.82, 2.24) is 9.97 Å². The van der Waals surface area contributed by atoms with Crippen LogP contribution in [0.25, 0.3) is 11.4 Å². The number of fused-ring (bicyclic) bond motifs is 1. The summed E-state index contributed by atoms with van der Waals surface area (Å²) < 4.78 is 0. The molecule has 1 aromatic heterocycles. The Hall–Kier alpha value is -1.39. The van der Waals surface area contributed by atoms with Crippen molar-refractivity contribution in [2.75, 3.05) is 5.75 Å². The highest BCUT2D eigenvalue weighted by Gasteiger charge is 2.19. The molecule has 0 radical (unpaired) electrons. The number of aryl methyl sites for hydroxylation is 1. The minimum Gasteiger partial charge on any atom is -0.324 e. The van der Waals surface area contributed by atoms with E-state index < -0.39 is 0 Å². The van der Waals surface area contributed by atoms with E-state index >= 15 is 0 Å². The second-order valence-corrected chi connectivity index (χ2v) is 6.39. The van der Waals surface area contributed by atoms with E-state index in [0.717, 1.165) is 47.7 Å². The van der Waals surface area contributed by atoms with E-state index in [1.165, 1.54) is 4.90 Å². The summed E-state index contributed by atoms with van der Waals surface area (Å²) in [7, 11) is 0. The Morgan fingerprint density at radius 1 is 1.30 bits per heavy atom. The predicted molar refractivity (Wildman–Crippen MR) is 83.7 cm³/mol. The van der Waals surface area contributed by atoms with Gasteiger partial charge in [-0.3, -0.25) is 0 Å². The molecule has 1 aromatic carbocycles. The second kappa shape index (κ2) is 5.94. The molecule has 1 aliphatic carbocycles. The molecule has 1 unspecified atom stereocenters. The van der Waals surface area contributed by atoms with Crippen LogP contribution in [0.3, 0.4) is 0 Å². The van der Waals surface area contributed by atoms with Crippen LogP contribution in [0.1, 0.15) is 37.1 Å². The summed E-state index contributed by atoms with van der Waals surface area (Å²) in [5, 5.41) is 0. The van der Waals surface area contributed by atoms with Crippen LogP contribution in [0, 0.1) is 0 Å². The quantitative estimate of drug-likeness (QED) is 0.876. The van der Waals surface area contributed by atoms with Gasteiger partial charge in [0.25, 0.3) is 0 Å². The molecule has 1 aliphatic rings. The number of rotatable bonds is 3. The summed E-state index contributed by atoms with van der Waals surface area (Å²) in [6, 6.07) is 8.58. The molecular formula is C16H19N3S. The Balaban J connectivity index is 1.90. The molecule has 1 heterocycles. The standard InChI is InChI=1S/C16H19N3S/c1-2-20-12-8-6-11(7-9-12)16-18-10-13-14(17)4-3-5-15(13)19-16/h6-10,14H,2-5,17H2,1H3.